The first kappa shape index (κ1) is 15.3. The van der Waals surface area contributed by atoms with E-state index in [4.69, 9.17) is 0 Å². The van der Waals surface area contributed by atoms with E-state index < -0.39 is 6.10 Å². The summed E-state index contributed by atoms with van der Waals surface area (Å²) in [5.41, 5.74) is 0.724. The van der Waals surface area contributed by atoms with Crippen molar-refractivity contribution in [2.75, 3.05) is 6.54 Å². The molecule has 5 nitrogen and oxygen atoms in total. The second kappa shape index (κ2) is 6.54. The molecule has 2 aromatic rings. The molecule has 0 aliphatic rings. The monoisotopic (exact) mass is 288 g/mol. The van der Waals surface area contributed by atoms with E-state index in [1.165, 1.54) is 6.07 Å². The number of hydrogen-bond acceptors (Lipinski definition) is 3. The third kappa shape index (κ3) is 3.92. The van der Waals surface area contributed by atoms with Crippen molar-refractivity contribution >= 4 is 16.8 Å². The van der Waals surface area contributed by atoms with Crippen LogP contribution in [-0.4, -0.2) is 28.6 Å². The van der Waals surface area contributed by atoms with E-state index in [2.05, 4.69) is 10.3 Å². The van der Waals surface area contributed by atoms with Gasteiger partial charge in [0.2, 0.25) is 5.56 Å². The van der Waals surface area contributed by atoms with Gasteiger partial charge in [-0.2, -0.15) is 0 Å². The Morgan fingerprint density at radius 3 is 2.76 bits per heavy atom. The Labute approximate surface area is 123 Å². The summed E-state index contributed by atoms with van der Waals surface area (Å²) in [6.07, 6.45) is 0.230. The number of pyridine rings is 1. The molecule has 0 aliphatic heterocycles. The third-order valence-electron chi connectivity index (χ3n) is 3.35. The second-order valence-corrected chi connectivity index (χ2v) is 5.49. The minimum Gasteiger partial charge on any atom is -0.393 e. The van der Waals surface area contributed by atoms with Crippen molar-refractivity contribution in [3.8, 4) is 0 Å². The van der Waals surface area contributed by atoms with Crippen molar-refractivity contribution in [2.45, 2.75) is 26.4 Å². The number of carbonyl (C=O) groups excluding carboxylic acids is 1. The van der Waals surface area contributed by atoms with Gasteiger partial charge in [-0.1, -0.05) is 25.1 Å². The van der Waals surface area contributed by atoms with Gasteiger partial charge in [0.15, 0.2) is 0 Å². The van der Waals surface area contributed by atoms with E-state index in [1.807, 2.05) is 19.1 Å². The largest absolute Gasteiger partial charge is 0.393 e. The molecule has 1 aromatic heterocycles. The Balaban J connectivity index is 2.18. The van der Waals surface area contributed by atoms with Crippen molar-refractivity contribution in [1.29, 1.82) is 0 Å². The SMILES string of the molecule is CC(O)CC(C)CNC(=O)c1cc(=O)[nH]c2ccccc12. The van der Waals surface area contributed by atoms with Crippen LogP contribution >= 0.6 is 0 Å². The number of amides is 1. The summed E-state index contributed by atoms with van der Waals surface area (Å²) >= 11 is 0. The molecule has 2 rings (SSSR count). The maximum absolute atomic E-state index is 12.3. The Bertz CT molecular complexity index is 691. The number of aromatic nitrogens is 1. The molecule has 0 aliphatic carbocycles. The third-order valence-corrected chi connectivity index (χ3v) is 3.35. The summed E-state index contributed by atoms with van der Waals surface area (Å²) in [5, 5.41) is 12.9. The van der Waals surface area contributed by atoms with Crippen LogP contribution in [-0.2, 0) is 0 Å². The average Bonchev–Trinajstić information content (AvgIpc) is 2.43. The van der Waals surface area contributed by atoms with Gasteiger partial charge < -0.3 is 15.4 Å². The zero-order chi connectivity index (χ0) is 15.4. The summed E-state index contributed by atoms with van der Waals surface area (Å²) in [5.74, 6) is -0.100. The van der Waals surface area contributed by atoms with Crippen LogP contribution in [0.4, 0.5) is 0 Å². The van der Waals surface area contributed by atoms with Gasteiger partial charge in [0, 0.05) is 23.5 Å². The lowest BCUT2D eigenvalue weighted by atomic mass is 10.0. The lowest BCUT2D eigenvalue weighted by Crippen LogP contribution is -2.30. The summed E-state index contributed by atoms with van der Waals surface area (Å²) in [7, 11) is 0. The molecular formula is C16H20N2O3. The van der Waals surface area contributed by atoms with E-state index in [9.17, 15) is 14.7 Å². The quantitative estimate of drug-likeness (QED) is 0.782. The summed E-state index contributed by atoms with van der Waals surface area (Å²) in [6.45, 7) is 4.15. The number of para-hydroxylation sites is 1. The summed E-state index contributed by atoms with van der Waals surface area (Å²) in [4.78, 5) is 26.6. The fourth-order valence-electron chi connectivity index (χ4n) is 2.42. The van der Waals surface area contributed by atoms with E-state index in [0.29, 0.717) is 24.0 Å². The minimum atomic E-state index is -0.391. The molecule has 5 heteroatoms. The fourth-order valence-corrected chi connectivity index (χ4v) is 2.42. The van der Waals surface area contributed by atoms with Crippen molar-refractivity contribution in [1.82, 2.24) is 10.3 Å². The first-order valence-corrected chi connectivity index (χ1v) is 7.05. The molecule has 21 heavy (non-hydrogen) atoms. The van der Waals surface area contributed by atoms with Crippen molar-refractivity contribution in [3.63, 3.8) is 0 Å². The van der Waals surface area contributed by atoms with Crippen molar-refractivity contribution < 1.29 is 9.90 Å². The number of fused-ring (bicyclic) bond motifs is 1. The van der Waals surface area contributed by atoms with Gasteiger partial charge in [0.25, 0.3) is 5.91 Å². The fraction of sp³-hybridized carbons (Fsp3) is 0.375. The topological polar surface area (TPSA) is 82.2 Å². The van der Waals surface area contributed by atoms with Crippen LogP contribution in [0.25, 0.3) is 10.9 Å². The van der Waals surface area contributed by atoms with Gasteiger partial charge in [0.05, 0.1) is 11.7 Å². The summed E-state index contributed by atoms with van der Waals surface area (Å²) in [6, 6.07) is 8.53. The predicted molar refractivity (Wildman–Crippen MR) is 82.4 cm³/mol. The minimum absolute atomic E-state index is 0.169. The molecule has 0 fully saturated rings. The van der Waals surface area contributed by atoms with E-state index in [1.54, 1.807) is 19.1 Å². The number of hydrogen-bond donors (Lipinski definition) is 3. The highest BCUT2D eigenvalue weighted by Gasteiger charge is 2.13. The van der Waals surface area contributed by atoms with Crippen LogP contribution in [0.5, 0.6) is 0 Å². The number of nitrogens with one attached hydrogen (secondary N) is 2. The Morgan fingerprint density at radius 1 is 1.33 bits per heavy atom. The molecule has 112 valence electrons. The molecule has 0 spiro atoms. The highest BCUT2D eigenvalue weighted by Crippen LogP contribution is 2.14. The molecule has 3 N–H and O–H groups in total. The molecule has 2 atom stereocenters. The van der Waals surface area contributed by atoms with Crippen LogP contribution < -0.4 is 10.9 Å². The number of aliphatic hydroxyl groups is 1. The Hall–Kier alpha value is -2.14. The van der Waals surface area contributed by atoms with E-state index >= 15 is 0 Å². The van der Waals surface area contributed by atoms with Gasteiger partial charge in [-0.15, -0.1) is 0 Å². The molecule has 0 saturated carbocycles. The van der Waals surface area contributed by atoms with Gasteiger partial charge in [-0.3, -0.25) is 9.59 Å². The molecule has 0 bridgehead atoms. The smallest absolute Gasteiger partial charge is 0.252 e. The predicted octanol–water partition coefficient (Wildman–Crippen LogP) is 1.66. The van der Waals surface area contributed by atoms with Crippen LogP contribution in [0.2, 0.25) is 0 Å². The average molecular weight is 288 g/mol. The highest BCUT2D eigenvalue weighted by atomic mass is 16.3. The molecular weight excluding hydrogens is 268 g/mol. The molecule has 0 radical (unpaired) electrons. The van der Waals surface area contributed by atoms with E-state index in [-0.39, 0.29) is 17.4 Å². The summed E-state index contributed by atoms with van der Waals surface area (Å²) < 4.78 is 0. The standard InChI is InChI=1S/C16H20N2O3/c1-10(7-11(2)19)9-17-16(21)13-8-15(20)18-14-6-4-3-5-12(13)14/h3-6,8,10-11,19H,7,9H2,1-2H3,(H,17,21)(H,18,20). The molecule has 2 unspecified atom stereocenters. The number of aliphatic hydroxyl groups excluding tert-OH is 1. The highest BCUT2D eigenvalue weighted by molar-refractivity contribution is 6.05. The van der Waals surface area contributed by atoms with Gasteiger partial charge in [-0.05, 0) is 25.3 Å². The second-order valence-electron chi connectivity index (χ2n) is 5.49. The number of H-pyrrole nitrogens is 1. The Morgan fingerprint density at radius 2 is 2.05 bits per heavy atom. The first-order chi connectivity index (χ1) is 9.97. The van der Waals surface area contributed by atoms with Gasteiger partial charge in [0.1, 0.15) is 0 Å². The zero-order valence-corrected chi connectivity index (χ0v) is 12.2. The lowest BCUT2D eigenvalue weighted by Gasteiger charge is -2.14. The number of rotatable bonds is 5. The molecule has 1 aromatic carbocycles. The number of aromatic amines is 1. The van der Waals surface area contributed by atoms with Gasteiger partial charge >= 0.3 is 0 Å². The number of benzene rings is 1. The Kier molecular flexibility index (Phi) is 4.75. The maximum Gasteiger partial charge on any atom is 0.252 e. The maximum atomic E-state index is 12.3. The number of carbonyl (C=O) groups is 1. The molecule has 0 saturated heterocycles. The van der Waals surface area contributed by atoms with E-state index in [0.717, 1.165) is 5.39 Å². The lowest BCUT2D eigenvalue weighted by molar-refractivity contribution is 0.0941. The molecule has 1 heterocycles. The van der Waals surface area contributed by atoms with Crippen molar-refractivity contribution in [3.05, 3.63) is 46.2 Å². The molecule has 1 amide bonds. The zero-order valence-electron chi connectivity index (χ0n) is 12.2. The first-order valence-electron chi connectivity index (χ1n) is 7.05. The van der Waals surface area contributed by atoms with Crippen LogP contribution in [0, 0.1) is 5.92 Å². The van der Waals surface area contributed by atoms with Gasteiger partial charge in [-0.25, -0.2) is 0 Å². The van der Waals surface area contributed by atoms with Crippen LogP contribution in [0.1, 0.15) is 30.6 Å². The van der Waals surface area contributed by atoms with Crippen molar-refractivity contribution in [2.24, 2.45) is 5.92 Å². The normalized spacial score (nSPS) is 13.9. The van der Waals surface area contributed by atoms with Crippen LogP contribution in [0.3, 0.4) is 0 Å². The van der Waals surface area contributed by atoms with Crippen LogP contribution in [0.15, 0.2) is 35.1 Å².